The molecule has 5 nitrogen and oxygen atoms in total. The van der Waals surface area contributed by atoms with E-state index in [0.29, 0.717) is 25.2 Å². The lowest BCUT2D eigenvalue weighted by atomic mass is 9.87. The van der Waals surface area contributed by atoms with Gasteiger partial charge in [-0.3, -0.25) is 9.59 Å². The van der Waals surface area contributed by atoms with Gasteiger partial charge in [0.15, 0.2) is 0 Å². The van der Waals surface area contributed by atoms with Crippen LogP contribution in [0.25, 0.3) is 0 Å². The lowest BCUT2D eigenvalue weighted by Crippen LogP contribution is -2.40. The Labute approximate surface area is 164 Å². The molecule has 1 rings (SSSR count). The van der Waals surface area contributed by atoms with E-state index in [0.717, 1.165) is 0 Å². The largest absolute Gasteiger partial charge is 0.352 e. The predicted octanol–water partition coefficient (Wildman–Crippen LogP) is 2.97. The number of hydrogen-bond acceptors (Lipinski definition) is 3. The van der Waals surface area contributed by atoms with Gasteiger partial charge in [0, 0.05) is 32.1 Å². The molecule has 0 saturated carbocycles. The number of nitrogens with zero attached hydrogens (tertiary/aromatic N) is 1. The first kappa shape index (κ1) is 24.4. The van der Waals surface area contributed by atoms with Gasteiger partial charge in [-0.2, -0.15) is 0 Å². The van der Waals surface area contributed by atoms with Crippen molar-refractivity contribution in [3.8, 4) is 0 Å². The van der Waals surface area contributed by atoms with Crippen molar-refractivity contribution in [3.05, 3.63) is 35.4 Å². The first-order valence-electron chi connectivity index (χ1n) is 8.79. The van der Waals surface area contributed by atoms with Crippen LogP contribution in [0.5, 0.6) is 0 Å². The van der Waals surface area contributed by atoms with Crippen molar-refractivity contribution in [1.29, 1.82) is 0 Å². The summed E-state index contributed by atoms with van der Waals surface area (Å²) in [5.74, 6) is -0.150. The van der Waals surface area contributed by atoms with Crippen LogP contribution in [0.4, 0.5) is 0 Å². The maximum atomic E-state index is 12.2. The smallest absolute Gasteiger partial charge is 0.251 e. The summed E-state index contributed by atoms with van der Waals surface area (Å²) in [5, 5.41) is 2.81. The van der Waals surface area contributed by atoms with Gasteiger partial charge < -0.3 is 16.0 Å². The highest BCUT2D eigenvalue weighted by atomic mass is 35.5. The topological polar surface area (TPSA) is 75.4 Å². The fourth-order valence-corrected chi connectivity index (χ4v) is 2.49. The van der Waals surface area contributed by atoms with Crippen LogP contribution in [-0.4, -0.2) is 43.4 Å². The molecule has 0 bridgehead atoms. The summed E-state index contributed by atoms with van der Waals surface area (Å²) < 4.78 is 0. The van der Waals surface area contributed by atoms with E-state index < -0.39 is 0 Å². The first-order valence-corrected chi connectivity index (χ1v) is 8.79. The number of rotatable bonds is 7. The summed E-state index contributed by atoms with van der Waals surface area (Å²) in [6, 6.07) is 7.60. The molecule has 0 saturated heterocycles. The van der Waals surface area contributed by atoms with E-state index in [2.05, 4.69) is 26.1 Å². The maximum Gasteiger partial charge on any atom is 0.251 e. The molecular formula is C20H34ClN3O2. The van der Waals surface area contributed by atoms with Crippen LogP contribution < -0.4 is 11.1 Å². The third-order valence-electron chi connectivity index (χ3n) is 4.28. The third-order valence-corrected chi connectivity index (χ3v) is 4.28. The number of nitrogens with one attached hydrogen (secondary N) is 1. The van der Waals surface area contributed by atoms with Crippen LogP contribution in [0.15, 0.2) is 24.3 Å². The van der Waals surface area contributed by atoms with Gasteiger partial charge in [0.25, 0.3) is 5.91 Å². The molecule has 0 unspecified atom stereocenters. The SMILES string of the molecule is CN(CC(C)(C)CN)C(=O)CCNC(=O)c1ccc(C(C)(C)C)cc1.Cl. The van der Waals surface area contributed by atoms with Gasteiger partial charge in [-0.15, -0.1) is 12.4 Å². The third kappa shape index (κ3) is 7.75. The average Bonchev–Trinajstić information content (AvgIpc) is 2.53. The molecule has 0 spiro atoms. The molecule has 0 aliphatic heterocycles. The molecule has 2 amide bonds. The highest BCUT2D eigenvalue weighted by molar-refractivity contribution is 5.94. The molecule has 3 N–H and O–H groups in total. The highest BCUT2D eigenvalue weighted by Crippen LogP contribution is 2.22. The van der Waals surface area contributed by atoms with Crippen LogP contribution in [0.2, 0.25) is 0 Å². The second-order valence-corrected chi connectivity index (χ2v) is 8.45. The molecule has 1 aromatic carbocycles. The van der Waals surface area contributed by atoms with Gasteiger partial charge >= 0.3 is 0 Å². The van der Waals surface area contributed by atoms with E-state index in [-0.39, 0.29) is 41.5 Å². The molecule has 0 aliphatic rings. The zero-order valence-electron chi connectivity index (χ0n) is 16.9. The van der Waals surface area contributed by atoms with Crippen LogP contribution in [0, 0.1) is 5.41 Å². The summed E-state index contributed by atoms with van der Waals surface area (Å²) in [5.41, 5.74) is 7.44. The Morgan fingerprint density at radius 1 is 1.08 bits per heavy atom. The number of hydrogen-bond donors (Lipinski definition) is 2. The van der Waals surface area contributed by atoms with Crippen molar-refractivity contribution in [2.75, 3.05) is 26.7 Å². The minimum atomic E-state index is -0.154. The Morgan fingerprint density at radius 3 is 2.08 bits per heavy atom. The normalized spacial score (nSPS) is 11.5. The molecule has 0 aromatic heterocycles. The van der Waals surface area contributed by atoms with Gasteiger partial charge in [0.05, 0.1) is 0 Å². The Bertz CT molecular complexity index is 592. The standard InChI is InChI=1S/C20H33N3O2.ClH/c1-19(2,3)16-9-7-15(8-10-16)18(25)22-12-11-17(24)23(6)14-20(4,5)13-21;/h7-10H,11-14,21H2,1-6H3,(H,22,25);1H. The summed E-state index contributed by atoms with van der Waals surface area (Å²) >= 11 is 0. The van der Waals surface area contributed by atoms with Crippen molar-refractivity contribution in [2.45, 2.75) is 46.5 Å². The Balaban J connectivity index is 0.00000625. The van der Waals surface area contributed by atoms with E-state index >= 15 is 0 Å². The molecule has 6 heteroatoms. The average molecular weight is 384 g/mol. The van der Waals surface area contributed by atoms with Crippen molar-refractivity contribution in [2.24, 2.45) is 11.1 Å². The molecule has 0 heterocycles. The predicted molar refractivity (Wildman–Crippen MR) is 110 cm³/mol. The lowest BCUT2D eigenvalue weighted by molar-refractivity contribution is -0.130. The van der Waals surface area contributed by atoms with Gasteiger partial charge in [-0.25, -0.2) is 0 Å². The molecule has 148 valence electrons. The second kappa shape index (κ2) is 9.93. The van der Waals surface area contributed by atoms with Crippen molar-refractivity contribution in [3.63, 3.8) is 0 Å². The highest BCUT2D eigenvalue weighted by Gasteiger charge is 2.21. The molecule has 0 fully saturated rings. The number of halogens is 1. The fourth-order valence-electron chi connectivity index (χ4n) is 2.49. The van der Waals surface area contributed by atoms with Crippen molar-refractivity contribution >= 4 is 24.2 Å². The monoisotopic (exact) mass is 383 g/mol. The van der Waals surface area contributed by atoms with Crippen LogP contribution in [0.3, 0.4) is 0 Å². The minimum absolute atomic E-state index is 0. The number of benzene rings is 1. The second-order valence-electron chi connectivity index (χ2n) is 8.45. The van der Waals surface area contributed by atoms with E-state index in [1.165, 1.54) is 5.56 Å². The van der Waals surface area contributed by atoms with Gasteiger partial charge in [-0.1, -0.05) is 46.8 Å². The molecular weight excluding hydrogens is 350 g/mol. The Morgan fingerprint density at radius 2 is 1.62 bits per heavy atom. The summed E-state index contributed by atoms with van der Waals surface area (Å²) in [6.45, 7) is 11.9. The fraction of sp³-hybridized carbons (Fsp3) is 0.600. The molecule has 0 aliphatic carbocycles. The quantitative estimate of drug-likeness (QED) is 0.760. The van der Waals surface area contributed by atoms with E-state index in [1.807, 2.05) is 38.1 Å². The number of nitrogens with two attached hydrogens (primary N) is 1. The molecule has 1 aromatic rings. The minimum Gasteiger partial charge on any atom is -0.352 e. The summed E-state index contributed by atoms with van der Waals surface area (Å²) in [4.78, 5) is 26.0. The van der Waals surface area contributed by atoms with Crippen LogP contribution in [0.1, 0.15) is 57.0 Å². The van der Waals surface area contributed by atoms with Gasteiger partial charge in [0.2, 0.25) is 5.91 Å². The first-order chi connectivity index (χ1) is 11.5. The van der Waals surface area contributed by atoms with E-state index in [9.17, 15) is 9.59 Å². The van der Waals surface area contributed by atoms with Gasteiger partial charge in [-0.05, 0) is 35.1 Å². The Hall–Kier alpha value is -1.59. The zero-order chi connectivity index (χ0) is 19.3. The number of amides is 2. The van der Waals surface area contributed by atoms with Gasteiger partial charge in [0.1, 0.15) is 0 Å². The number of carbonyl (C=O) groups is 2. The molecule has 0 radical (unpaired) electrons. The summed E-state index contributed by atoms with van der Waals surface area (Å²) in [7, 11) is 1.77. The summed E-state index contributed by atoms with van der Waals surface area (Å²) in [6.07, 6.45) is 0.281. The van der Waals surface area contributed by atoms with Crippen molar-refractivity contribution < 1.29 is 9.59 Å². The maximum absolute atomic E-state index is 12.2. The van der Waals surface area contributed by atoms with E-state index in [4.69, 9.17) is 5.73 Å². The molecule has 0 atom stereocenters. The Kier molecular flexibility index (Phi) is 9.32. The number of carbonyl (C=O) groups excluding carboxylic acids is 2. The molecule has 26 heavy (non-hydrogen) atoms. The van der Waals surface area contributed by atoms with E-state index in [1.54, 1.807) is 11.9 Å². The lowest BCUT2D eigenvalue weighted by Gasteiger charge is -2.29. The van der Waals surface area contributed by atoms with Crippen LogP contribution in [-0.2, 0) is 10.2 Å². The van der Waals surface area contributed by atoms with Crippen LogP contribution >= 0.6 is 12.4 Å². The van der Waals surface area contributed by atoms with Crippen molar-refractivity contribution in [1.82, 2.24) is 10.2 Å². The zero-order valence-corrected chi connectivity index (χ0v) is 17.7.